The van der Waals surface area contributed by atoms with Gasteiger partial charge in [0.25, 0.3) is 5.91 Å². The second-order valence-electron chi connectivity index (χ2n) is 7.40. The highest BCUT2D eigenvalue weighted by Gasteiger charge is 2.16. The molecule has 0 bridgehead atoms. The highest BCUT2D eigenvalue weighted by Crippen LogP contribution is 2.24. The minimum absolute atomic E-state index is 0.145. The van der Waals surface area contributed by atoms with Crippen LogP contribution in [-0.4, -0.2) is 30.0 Å². The van der Waals surface area contributed by atoms with Gasteiger partial charge in [0, 0.05) is 36.7 Å². The van der Waals surface area contributed by atoms with Crippen LogP contribution in [-0.2, 0) is 0 Å². The van der Waals surface area contributed by atoms with Crippen LogP contribution in [0, 0.1) is 5.92 Å². The minimum Gasteiger partial charge on any atom is -0.372 e. The second-order valence-corrected chi connectivity index (χ2v) is 7.40. The average Bonchev–Trinajstić information content (AvgIpc) is 2.63. The fourth-order valence-corrected chi connectivity index (χ4v) is 3.13. The fourth-order valence-electron chi connectivity index (χ4n) is 3.13. The van der Waals surface area contributed by atoms with E-state index in [0.717, 1.165) is 30.5 Å². The van der Waals surface area contributed by atoms with E-state index in [1.165, 1.54) is 18.5 Å². The number of nitrogens with one attached hydrogen (secondary N) is 2. The van der Waals surface area contributed by atoms with Crippen LogP contribution in [0.15, 0.2) is 42.6 Å². The van der Waals surface area contributed by atoms with Gasteiger partial charge < -0.3 is 15.5 Å². The van der Waals surface area contributed by atoms with Crippen molar-refractivity contribution < 1.29 is 4.79 Å². The number of carbonyl (C=O) groups is 1. The second kappa shape index (κ2) is 8.21. The normalized spacial score (nSPS) is 15.2. The largest absolute Gasteiger partial charge is 0.372 e. The summed E-state index contributed by atoms with van der Waals surface area (Å²) in [7, 11) is 0. The molecule has 1 fully saturated rings. The Morgan fingerprint density at radius 2 is 1.81 bits per heavy atom. The molecule has 0 radical (unpaired) electrons. The summed E-state index contributed by atoms with van der Waals surface area (Å²) in [6, 6.07) is 12.0. The van der Waals surface area contributed by atoms with Crippen molar-refractivity contribution in [2.45, 2.75) is 39.7 Å². The van der Waals surface area contributed by atoms with Crippen molar-refractivity contribution in [2.24, 2.45) is 5.92 Å². The summed E-state index contributed by atoms with van der Waals surface area (Å²) in [4.78, 5) is 19.1. The monoisotopic (exact) mass is 352 g/mol. The molecule has 2 heterocycles. The fraction of sp³-hybridized carbons (Fsp3) is 0.429. The first-order valence-corrected chi connectivity index (χ1v) is 9.40. The smallest absolute Gasteiger partial charge is 0.257 e. The van der Waals surface area contributed by atoms with E-state index in [1.807, 2.05) is 18.2 Å². The van der Waals surface area contributed by atoms with E-state index in [1.54, 1.807) is 12.3 Å². The van der Waals surface area contributed by atoms with Crippen LogP contribution in [0.25, 0.3) is 0 Å². The van der Waals surface area contributed by atoms with Crippen molar-refractivity contribution in [3.63, 3.8) is 0 Å². The summed E-state index contributed by atoms with van der Waals surface area (Å²) in [5.74, 6) is 1.45. The first-order chi connectivity index (χ1) is 12.5. The maximum absolute atomic E-state index is 12.4. The van der Waals surface area contributed by atoms with Crippen LogP contribution in [0.4, 0.5) is 17.2 Å². The summed E-state index contributed by atoms with van der Waals surface area (Å²) in [5, 5.41) is 6.15. The van der Waals surface area contributed by atoms with E-state index in [9.17, 15) is 4.79 Å². The Bertz CT molecular complexity index is 717. The number of carbonyl (C=O) groups excluding carboxylic acids is 1. The zero-order chi connectivity index (χ0) is 18.5. The molecule has 0 spiro atoms. The van der Waals surface area contributed by atoms with Crippen molar-refractivity contribution in [1.82, 2.24) is 4.98 Å². The molecule has 0 unspecified atom stereocenters. The van der Waals surface area contributed by atoms with E-state index >= 15 is 0 Å². The number of rotatable bonds is 5. The third-order valence-corrected chi connectivity index (χ3v) is 4.74. The van der Waals surface area contributed by atoms with Gasteiger partial charge in [-0.1, -0.05) is 6.92 Å². The van der Waals surface area contributed by atoms with Crippen LogP contribution >= 0.6 is 0 Å². The lowest BCUT2D eigenvalue weighted by atomic mass is 9.99. The lowest BCUT2D eigenvalue weighted by molar-refractivity contribution is 0.102. The van der Waals surface area contributed by atoms with Crippen LogP contribution in [0.1, 0.15) is 44.0 Å². The molecule has 1 aromatic carbocycles. The van der Waals surface area contributed by atoms with Crippen molar-refractivity contribution in [1.29, 1.82) is 0 Å². The molecule has 0 saturated carbocycles. The van der Waals surface area contributed by atoms with Crippen LogP contribution in [0.3, 0.4) is 0 Å². The van der Waals surface area contributed by atoms with Gasteiger partial charge in [-0.3, -0.25) is 4.79 Å². The van der Waals surface area contributed by atoms with Gasteiger partial charge >= 0.3 is 0 Å². The molecular formula is C21H28N4O. The van der Waals surface area contributed by atoms with Crippen molar-refractivity contribution in [3.8, 4) is 0 Å². The van der Waals surface area contributed by atoms with E-state index < -0.39 is 0 Å². The number of benzene rings is 1. The summed E-state index contributed by atoms with van der Waals surface area (Å²) >= 11 is 0. The number of amides is 1. The molecule has 5 nitrogen and oxygen atoms in total. The number of piperidine rings is 1. The lowest BCUT2D eigenvalue weighted by Crippen LogP contribution is -2.32. The molecule has 2 aromatic rings. The Morgan fingerprint density at radius 3 is 2.38 bits per heavy atom. The molecule has 0 atom stereocenters. The molecule has 5 heteroatoms. The summed E-state index contributed by atoms with van der Waals surface area (Å²) in [5.41, 5.74) is 2.57. The zero-order valence-electron chi connectivity index (χ0n) is 15.8. The molecule has 138 valence electrons. The highest BCUT2D eigenvalue weighted by atomic mass is 16.1. The highest BCUT2D eigenvalue weighted by molar-refractivity contribution is 6.04. The van der Waals surface area contributed by atoms with Gasteiger partial charge in [-0.2, -0.15) is 0 Å². The van der Waals surface area contributed by atoms with Crippen LogP contribution in [0.2, 0.25) is 0 Å². The molecule has 3 rings (SSSR count). The topological polar surface area (TPSA) is 57.3 Å². The van der Waals surface area contributed by atoms with Gasteiger partial charge in [-0.25, -0.2) is 4.98 Å². The third kappa shape index (κ3) is 4.75. The third-order valence-electron chi connectivity index (χ3n) is 4.74. The van der Waals surface area contributed by atoms with Gasteiger partial charge in [0.15, 0.2) is 0 Å². The first kappa shape index (κ1) is 18.2. The van der Waals surface area contributed by atoms with Gasteiger partial charge in [0.2, 0.25) is 0 Å². The molecular weight excluding hydrogens is 324 g/mol. The molecule has 1 amide bonds. The van der Waals surface area contributed by atoms with Crippen molar-refractivity contribution in [3.05, 3.63) is 48.2 Å². The number of nitrogens with zero attached hydrogens (tertiary/aromatic N) is 2. The molecule has 1 saturated heterocycles. The van der Waals surface area contributed by atoms with Gasteiger partial charge in [-0.05, 0) is 69.0 Å². The molecule has 1 aromatic heterocycles. The standard InChI is InChI=1S/C21H28N4O/c1-15(2)23-20-9-4-17(14-22-20)21(26)24-18-5-7-19(8-6-18)25-12-10-16(3)11-13-25/h4-9,14-16H,10-13H2,1-3H3,(H,22,23)(H,24,26). The minimum atomic E-state index is -0.145. The SMILES string of the molecule is CC1CCN(c2ccc(NC(=O)c3ccc(NC(C)C)nc3)cc2)CC1. The van der Waals surface area contributed by atoms with E-state index in [-0.39, 0.29) is 5.91 Å². The van der Waals surface area contributed by atoms with Gasteiger partial charge in [0.05, 0.1) is 5.56 Å². The predicted molar refractivity (Wildman–Crippen MR) is 108 cm³/mol. The molecule has 26 heavy (non-hydrogen) atoms. The van der Waals surface area contributed by atoms with Crippen LogP contribution in [0.5, 0.6) is 0 Å². The Morgan fingerprint density at radius 1 is 1.12 bits per heavy atom. The molecule has 0 aliphatic carbocycles. The Labute approximate surface area is 155 Å². The molecule has 2 N–H and O–H groups in total. The Hall–Kier alpha value is -2.56. The maximum atomic E-state index is 12.4. The van der Waals surface area contributed by atoms with E-state index in [2.05, 4.69) is 53.4 Å². The molecule has 1 aliphatic heterocycles. The maximum Gasteiger partial charge on any atom is 0.257 e. The van der Waals surface area contributed by atoms with E-state index in [4.69, 9.17) is 0 Å². The average molecular weight is 352 g/mol. The zero-order valence-corrected chi connectivity index (χ0v) is 15.8. The van der Waals surface area contributed by atoms with Gasteiger partial charge in [-0.15, -0.1) is 0 Å². The van der Waals surface area contributed by atoms with Crippen molar-refractivity contribution >= 4 is 23.1 Å². The number of anilines is 3. The van der Waals surface area contributed by atoms with Crippen LogP contribution < -0.4 is 15.5 Å². The number of hydrogen-bond acceptors (Lipinski definition) is 4. The lowest BCUT2D eigenvalue weighted by Gasteiger charge is -2.32. The van der Waals surface area contributed by atoms with E-state index in [0.29, 0.717) is 11.6 Å². The van der Waals surface area contributed by atoms with Gasteiger partial charge in [0.1, 0.15) is 5.82 Å². The predicted octanol–water partition coefficient (Wildman–Crippen LogP) is 4.39. The number of aromatic nitrogens is 1. The number of pyridine rings is 1. The Balaban J connectivity index is 1.59. The summed E-state index contributed by atoms with van der Waals surface area (Å²) in [6.07, 6.45) is 4.09. The first-order valence-electron chi connectivity index (χ1n) is 9.40. The quantitative estimate of drug-likeness (QED) is 0.838. The summed E-state index contributed by atoms with van der Waals surface area (Å²) in [6.45, 7) is 8.63. The van der Waals surface area contributed by atoms with Crippen molar-refractivity contribution in [2.75, 3.05) is 28.6 Å². The summed E-state index contributed by atoms with van der Waals surface area (Å²) < 4.78 is 0. The Kier molecular flexibility index (Phi) is 5.76. The number of hydrogen-bond donors (Lipinski definition) is 2. The molecule has 1 aliphatic rings.